The fraction of sp³-hybridized carbons (Fsp3) is 0.250. The van der Waals surface area contributed by atoms with Gasteiger partial charge >= 0.3 is 11.9 Å². The van der Waals surface area contributed by atoms with E-state index >= 15 is 0 Å². The summed E-state index contributed by atoms with van der Waals surface area (Å²) in [6.07, 6.45) is 1.23. The van der Waals surface area contributed by atoms with Crippen molar-refractivity contribution in [2.45, 2.75) is 22.7 Å². The molecule has 0 aliphatic carbocycles. The van der Waals surface area contributed by atoms with Crippen molar-refractivity contribution in [2.24, 2.45) is 0 Å². The highest BCUT2D eigenvalue weighted by atomic mass is 35.5. The van der Waals surface area contributed by atoms with Crippen molar-refractivity contribution in [3.63, 3.8) is 0 Å². The average molecular weight is 371 g/mol. The van der Waals surface area contributed by atoms with Crippen LogP contribution in [0.15, 0.2) is 55.6 Å². The Morgan fingerprint density at radius 1 is 1.17 bits per heavy atom. The third-order valence-corrected chi connectivity index (χ3v) is 5.09. The molecule has 0 heterocycles. The van der Waals surface area contributed by atoms with Gasteiger partial charge in [-0.05, 0) is 12.5 Å². The van der Waals surface area contributed by atoms with E-state index in [1.165, 1.54) is 0 Å². The number of esters is 2. The predicted molar refractivity (Wildman–Crippen MR) is 91.4 cm³/mol. The van der Waals surface area contributed by atoms with Gasteiger partial charge in [-0.15, -0.1) is 23.2 Å². The van der Waals surface area contributed by atoms with E-state index in [1.807, 2.05) is 6.07 Å². The maximum atomic E-state index is 11.9. The van der Waals surface area contributed by atoms with Crippen molar-refractivity contribution >= 4 is 44.7 Å². The number of hydrogen-bond acceptors (Lipinski definition) is 4. The first-order chi connectivity index (χ1) is 10.9. The Bertz CT molecular complexity index is 577. The number of halogens is 2. The minimum atomic E-state index is -1.32. The van der Waals surface area contributed by atoms with Crippen LogP contribution in [-0.4, -0.2) is 32.0 Å². The molecule has 1 aromatic carbocycles. The Morgan fingerprint density at radius 2 is 1.74 bits per heavy atom. The number of ether oxygens (including phenoxy) is 2. The second-order valence-electron chi connectivity index (χ2n) is 4.46. The molecule has 0 aromatic heterocycles. The van der Waals surface area contributed by atoms with Gasteiger partial charge in [0.2, 0.25) is 0 Å². The van der Waals surface area contributed by atoms with Crippen molar-refractivity contribution in [1.82, 2.24) is 0 Å². The van der Waals surface area contributed by atoms with Crippen LogP contribution in [0, 0.1) is 0 Å². The lowest BCUT2D eigenvalue weighted by molar-refractivity contribution is -0.167. The summed E-state index contributed by atoms with van der Waals surface area (Å²) >= 11 is 11.9. The third kappa shape index (κ3) is 5.23. The molecule has 0 spiro atoms. The first-order valence-corrected chi connectivity index (χ1v) is 8.60. The lowest BCUT2D eigenvalue weighted by atomic mass is 10.0. The van der Waals surface area contributed by atoms with Crippen LogP contribution in [0.5, 0.6) is 0 Å². The number of alkyl halides is 2. The van der Waals surface area contributed by atoms with Crippen molar-refractivity contribution in [1.29, 1.82) is 0 Å². The smallest absolute Gasteiger partial charge is 0.330 e. The molecule has 2 unspecified atom stereocenters. The normalized spacial score (nSPS) is 14.4. The standard InChI is InChI=1S/C16H16Cl2O4Si/c1-4-13(19)21-11(3)16(23-15(17)18,22-14(20)5-2)12-9-7-6-8-10-12/h4-11,15H,1-2H2,3H3. The van der Waals surface area contributed by atoms with Crippen molar-refractivity contribution in [3.8, 4) is 0 Å². The molecule has 122 valence electrons. The highest BCUT2D eigenvalue weighted by Crippen LogP contribution is 2.33. The molecule has 0 amide bonds. The molecule has 0 aliphatic heterocycles. The minimum Gasteiger partial charge on any atom is -0.455 e. The zero-order valence-corrected chi connectivity index (χ0v) is 15.0. The Balaban J connectivity index is 3.38. The van der Waals surface area contributed by atoms with Gasteiger partial charge in [-0.1, -0.05) is 43.5 Å². The average Bonchev–Trinajstić information content (AvgIpc) is 2.54. The maximum Gasteiger partial charge on any atom is 0.330 e. The number of benzene rings is 1. The Morgan fingerprint density at radius 3 is 2.22 bits per heavy atom. The topological polar surface area (TPSA) is 52.6 Å². The second kappa shape index (κ2) is 8.91. The molecular formula is C16H16Cl2O4Si. The number of rotatable bonds is 8. The number of hydrogen-bond donors (Lipinski definition) is 0. The van der Waals surface area contributed by atoms with Crippen LogP contribution in [0.25, 0.3) is 0 Å². The summed E-state index contributed by atoms with van der Waals surface area (Å²) in [6, 6.07) is 8.85. The molecule has 0 saturated carbocycles. The summed E-state index contributed by atoms with van der Waals surface area (Å²) in [5.74, 6) is -1.31. The molecule has 0 bridgehead atoms. The van der Waals surface area contributed by atoms with Gasteiger partial charge in [0, 0.05) is 12.2 Å². The minimum absolute atomic E-state index is 0.267. The third-order valence-electron chi connectivity index (χ3n) is 2.99. The van der Waals surface area contributed by atoms with Crippen LogP contribution in [0.1, 0.15) is 12.5 Å². The molecule has 4 nitrogen and oxygen atoms in total. The van der Waals surface area contributed by atoms with E-state index in [1.54, 1.807) is 31.2 Å². The quantitative estimate of drug-likeness (QED) is 0.305. The Hall–Kier alpha value is -1.56. The van der Waals surface area contributed by atoms with E-state index in [4.69, 9.17) is 32.7 Å². The van der Waals surface area contributed by atoms with Crippen LogP contribution in [0.2, 0.25) is 0 Å². The van der Waals surface area contributed by atoms with Gasteiger partial charge in [0.15, 0.2) is 14.7 Å². The molecule has 7 heteroatoms. The van der Waals surface area contributed by atoms with Crippen LogP contribution in [-0.2, 0) is 24.3 Å². The highest BCUT2D eigenvalue weighted by Gasteiger charge is 2.46. The molecular weight excluding hydrogens is 355 g/mol. The fourth-order valence-electron chi connectivity index (χ4n) is 1.96. The summed E-state index contributed by atoms with van der Waals surface area (Å²) in [7, 11) is -0.267. The number of carbonyl (C=O) groups is 2. The second-order valence-corrected chi connectivity index (χ2v) is 7.89. The largest absolute Gasteiger partial charge is 0.455 e. The fourth-order valence-corrected chi connectivity index (χ4v) is 4.04. The predicted octanol–water partition coefficient (Wildman–Crippen LogP) is 3.15. The van der Waals surface area contributed by atoms with Gasteiger partial charge in [0.05, 0.1) is 4.46 Å². The molecule has 1 aromatic rings. The van der Waals surface area contributed by atoms with Gasteiger partial charge in [-0.2, -0.15) is 0 Å². The van der Waals surface area contributed by atoms with Crippen molar-refractivity contribution < 1.29 is 19.1 Å². The summed E-state index contributed by atoms with van der Waals surface area (Å²) in [4.78, 5) is 23.4. The van der Waals surface area contributed by atoms with E-state index < -0.39 is 27.7 Å². The monoisotopic (exact) mass is 370 g/mol. The van der Waals surface area contributed by atoms with E-state index in [2.05, 4.69) is 13.2 Å². The van der Waals surface area contributed by atoms with E-state index in [0.29, 0.717) is 5.56 Å². The first kappa shape index (κ1) is 19.5. The van der Waals surface area contributed by atoms with Gasteiger partial charge in [-0.25, -0.2) is 9.59 Å². The molecule has 23 heavy (non-hydrogen) atoms. The summed E-state index contributed by atoms with van der Waals surface area (Å²) in [5.41, 5.74) is 0.615. The highest BCUT2D eigenvalue weighted by molar-refractivity contribution is 6.70. The molecule has 0 saturated heterocycles. The zero-order valence-electron chi connectivity index (χ0n) is 12.5. The lowest BCUT2D eigenvalue weighted by Gasteiger charge is -2.38. The van der Waals surface area contributed by atoms with Gasteiger partial charge < -0.3 is 9.47 Å². The van der Waals surface area contributed by atoms with Gasteiger partial charge in [0.1, 0.15) is 6.10 Å². The maximum absolute atomic E-state index is 11.9. The summed E-state index contributed by atoms with van der Waals surface area (Å²) in [5, 5.41) is -1.32. The van der Waals surface area contributed by atoms with Crippen LogP contribution < -0.4 is 0 Å². The van der Waals surface area contributed by atoms with Gasteiger partial charge in [0.25, 0.3) is 0 Å². The molecule has 2 radical (unpaired) electrons. The Kier molecular flexibility index (Phi) is 7.55. The SMILES string of the molecule is C=CC(=O)OC(C)C(OC(=O)C=C)([Si]C(Cl)Cl)c1ccccc1. The molecule has 0 aliphatic rings. The van der Waals surface area contributed by atoms with E-state index in [0.717, 1.165) is 12.2 Å². The molecule has 0 fully saturated rings. The van der Waals surface area contributed by atoms with Crippen molar-refractivity contribution in [3.05, 3.63) is 61.2 Å². The van der Waals surface area contributed by atoms with Gasteiger partial charge in [-0.3, -0.25) is 0 Å². The first-order valence-electron chi connectivity index (χ1n) is 6.65. The number of carbonyl (C=O) groups excluding carboxylic acids is 2. The molecule has 2 atom stereocenters. The van der Waals surface area contributed by atoms with E-state index in [9.17, 15) is 9.59 Å². The Labute approximate surface area is 147 Å². The van der Waals surface area contributed by atoms with E-state index in [-0.39, 0.29) is 9.52 Å². The van der Waals surface area contributed by atoms with Crippen molar-refractivity contribution in [2.75, 3.05) is 0 Å². The molecule has 1 rings (SSSR count). The molecule has 0 N–H and O–H groups in total. The van der Waals surface area contributed by atoms with Crippen LogP contribution in [0.4, 0.5) is 0 Å². The zero-order chi connectivity index (χ0) is 17.5. The van der Waals surface area contributed by atoms with Crippen LogP contribution >= 0.6 is 23.2 Å². The van der Waals surface area contributed by atoms with Crippen LogP contribution in [0.3, 0.4) is 0 Å². The lowest BCUT2D eigenvalue weighted by Crippen LogP contribution is -2.51. The summed E-state index contributed by atoms with van der Waals surface area (Å²) in [6.45, 7) is 8.36. The summed E-state index contributed by atoms with van der Waals surface area (Å²) < 4.78 is 10.0.